The monoisotopic (exact) mass is 325 g/mol. The van der Waals surface area contributed by atoms with Crippen LogP contribution >= 0.6 is 0 Å². The molecule has 134 valence electrons. The third-order valence-electron chi connectivity index (χ3n) is 5.78. The summed E-state index contributed by atoms with van der Waals surface area (Å²) in [7, 11) is 0. The first-order chi connectivity index (χ1) is 11.0. The van der Waals surface area contributed by atoms with Crippen molar-refractivity contribution in [3.63, 3.8) is 0 Å². The minimum absolute atomic E-state index is 0.296. The smallest absolute Gasteiger partial charge is 0.236 e. The predicted molar refractivity (Wildman–Crippen MR) is 93.4 cm³/mol. The molecule has 2 aliphatic heterocycles. The van der Waals surface area contributed by atoms with Gasteiger partial charge in [0.1, 0.15) is 0 Å². The maximum Gasteiger partial charge on any atom is 0.236 e. The van der Waals surface area contributed by atoms with Gasteiger partial charge in [0, 0.05) is 45.3 Å². The number of piperidine rings is 1. The Morgan fingerprint density at radius 1 is 1.04 bits per heavy atom. The topological polar surface area (TPSA) is 47.0 Å². The van der Waals surface area contributed by atoms with Gasteiger partial charge in [-0.3, -0.25) is 14.6 Å². The molecule has 5 heteroatoms. The number of hydrogen-bond acceptors (Lipinski definition) is 4. The molecule has 0 radical (unpaired) electrons. The van der Waals surface area contributed by atoms with Crippen molar-refractivity contribution in [1.82, 2.24) is 14.7 Å². The molecule has 0 spiro atoms. The number of hydrogen-bond donors (Lipinski definition) is 1. The summed E-state index contributed by atoms with van der Waals surface area (Å²) in [5, 5.41) is 10.5. The van der Waals surface area contributed by atoms with Crippen molar-refractivity contribution in [2.75, 3.05) is 45.8 Å². The van der Waals surface area contributed by atoms with Crippen molar-refractivity contribution in [1.29, 1.82) is 0 Å². The highest BCUT2D eigenvalue weighted by molar-refractivity contribution is 5.78. The van der Waals surface area contributed by atoms with Crippen molar-refractivity contribution in [3.8, 4) is 0 Å². The highest BCUT2D eigenvalue weighted by Crippen LogP contribution is 2.19. The zero-order valence-electron chi connectivity index (χ0n) is 15.3. The molecule has 0 aromatic heterocycles. The number of likely N-dealkylation sites (tertiary alicyclic amines) is 1. The van der Waals surface area contributed by atoms with E-state index in [-0.39, 0.29) is 0 Å². The second-order valence-corrected chi connectivity index (χ2v) is 7.42. The first-order valence-corrected chi connectivity index (χ1v) is 9.44. The lowest BCUT2D eigenvalue weighted by Gasteiger charge is -2.40. The Morgan fingerprint density at radius 2 is 1.65 bits per heavy atom. The van der Waals surface area contributed by atoms with Gasteiger partial charge >= 0.3 is 0 Å². The second kappa shape index (κ2) is 8.45. The molecule has 0 aromatic rings. The Hall–Kier alpha value is -0.650. The second-order valence-electron chi connectivity index (χ2n) is 7.42. The van der Waals surface area contributed by atoms with E-state index in [0.29, 0.717) is 18.5 Å². The normalized spacial score (nSPS) is 24.9. The molecule has 23 heavy (non-hydrogen) atoms. The average molecular weight is 325 g/mol. The summed E-state index contributed by atoms with van der Waals surface area (Å²) in [6.07, 6.45) is 5.15. The van der Waals surface area contributed by atoms with Crippen LogP contribution in [0.25, 0.3) is 0 Å². The van der Waals surface area contributed by atoms with Gasteiger partial charge in [-0.25, -0.2) is 0 Å². The zero-order valence-corrected chi connectivity index (χ0v) is 15.3. The highest BCUT2D eigenvalue weighted by atomic mass is 16.3. The van der Waals surface area contributed by atoms with E-state index in [1.165, 1.54) is 6.42 Å². The quantitative estimate of drug-likeness (QED) is 0.805. The van der Waals surface area contributed by atoms with E-state index >= 15 is 0 Å². The van der Waals surface area contributed by atoms with Crippen LogP contribution in [0.3, 0.4) is 0 Å². The SMILES string of the molecule is CCC(O)(CC)CN1CCN(CC(=O)N2CCCCC2C)CC1. The summed E-state index contributed by atoms with van der Waals surface area (Å²) >= 11 is 0. The highest BCUT2D eigenvalue weighted by Gasteiger charge is 2.29. The van der Waals surface area contributed by atoms with Crippen molar-refractivity contribution in [2.45, 2.75) is 64.5 Å². The van der Waals surface area contributed by atoms with Gasteiger partial charge in [-0.2, -0.15) is 0 Å². The molecule has 1 amide bonds. The number of rotatable bonds is 6. The summed E-state index contributed by atoms with van der Waals surface area (Å²) in [5.41, 5.74) is -0.554. The fraction of sp³-hybridized carbons (Fsp3) is 0.944. The van der Waals surface area contributed by atoms with E-state index in [4.69, 9.17) is 0 Å². The number of piperazine rings is 1. The number of carbonyl (C=O) groups is 1. The van der Waals surface area contributed by atoms with Crippen LogP contribution < -0.4 is 0 Å². The predicted octanol–water partition coefficient (Wildman–Crippen LogP) is 1.56. The van der Waals surface area contributed by atoms with Crippen molar-refractivity contribution >= 4 is 5.91 Å². The van der Waals surface area contributed by atoms with Gasteiger partial charge in [-0.1, -0.05) is 13.8 Å². The van der Waals surface area contributed by atoms with Gasteiger partial charge in [0.15, 0.2) is 0 Å². The van der Waals surface area contributed by atoms with Gasteiger partial charge in [0.2, 0.25) is 5.91 Å². The fourth-order valence-corrected chi connectivity index (χ4v) is 3.75. The summed E-state index contributed by atoms with van der Waals surface area (Å²) in [6, 6.07) is 0.404. The average Bonchev–Trinajstić information content (AvgIpc) is 2.57. The maximum atomic E-state index is 12.5. The summed E-state index contributed by atoms with van der Waals surface area (Å²) < 4.78 is 0. The van der Waals surface area contributed by atoms with Gasteiger partial charge in [0.25, 0.3) is 0 Å². The molecule has 2 fully saturated rings. The molecule has 5 nitrogen and oxygen atoms in total. The van der Waals surface area contributed by atoms with Crippen molar-refractivity contribution < 1.29 is 9.90 Å². The van der Waals surface area contributed by atoms with Crippen LogP contribution in [0.1, 0.15) is 52.9 Å². The lowest BCUT2D eigenvalue weighted by molar-refractivity contribution is -0.136. The van der Waals surface area contributed by atoms with E-state index < -0.39 is 5.60 Å². The first kappa shape index (κ1) is 18.7. The Kier molecular flexibility index (Phi) is 6.86. The Balaban J connectivity index is 1.75. The molecule has 0 bridgehead atoms. The van der Waals surface area contributed by atoms with Gasteiger partial charge < -0.3 is 10.0 Å². The number of amides is 1. The lowest BCUT2D eigenvalue weighted by Crippen LogP contribution is -2.54. The van der Waals surface area contributed by atoms with Gasteiger partial charge in [0.05, 0.1) is 12.1 Å². The Morgan fingerprint density at radius 3 is 2.22 bits per heavy atom. The molecule has 2 heterocycles. The number of carbonyl (C=O) groups excluding carboxylic acids is 1. The Bertz CT molecular complexity index is 376. The summed E-state index contributed by atoms with van der Waals surface area (Å²) in [5.74, 6) is 0.296. The van der Waals surface area contributed by atoms with E-state index in [1.807, 2.05) is 0 Å². The molecule has 2 rings (SSSR count). The number of nitrogens with zero attached hydrogens (tertiary/aromatic N) is 3. The third kappa shape index (κ3) is 5.16. The molecule has 0 aromatic carbocycles. The summed E-state index contributed by atoms with van der Waals surface area (Å²) in [6.45, 7) is 12.3. The van der Waals surface area contributed by atoms with Crippen LogP contribution in [0.5, 0.6) is 0 Å². The van der Waals surface area contributed by atoms with E-state index in [2.05, 4.69) is 35.5 Å². The van der Waals surface area contributed by atoms with E-state index in [1.54, 1.807) is 0 Å². The van der Waals surface area contributed by atoms with Gasteiger partial charge in [-0.05, 0) is 39.0 Å². The standard InChI is InChI=1S/C18H35N3O2/c1-4-18(23,5-2)15-20-12-10-19(11-13-20)14-17(22)21-9-7-6-8-16(21)3/h16,23H,4-15H2,1-3H3. The van der Waals surface area contributed by atoms with E-state index in [9.17, 15) is 9.90 Å². The maximum absolute atomic E-state index is 12.5. The van der Waals surface area contributed by atoms with Crippen LogP contribution in [0.4, 0.5) is 0 Å². The molecule has 2 saturated heterocycles. The molecular weight excluding hydrogens is 290 g/mol. The van der Waals surface area contributed by atoms with Crippen molar-refractivity contribution in [2.24, 2.45) is 0 Å². The van der Waals surface area contributed by atoms with Crippen LogP contribution in [-0.4, -0.2) is 83.2 Å². The molecule has 1 unspecified atom stereocenters. The molecule has 0 aliphatic carbocycles. The fourth-order valence-electron chi connectivity index (χ4n) is 3.75. The lowest BCUT2D eigenvalue weighted by atomic mass is 9.96. The molecular formula is C18H35N3O2. The molecule has 1 N–H and O–H groups in total. The Labute approximate surface area is 141 Å². The van der Waals surface area contributed by atoms with Crippen LogP contribution in [-0.2, 0) is 4.79 Å². The molecule has 2 aliphatic rings. The van der Waals surface area contributed by atoms with Crippen LogP contribution in [0.2, 0.25) is 0 Å². The molecule has 1 atom stereocenters. The largest absolute Gasteiger partial charge is 0.389 e. The zero-order chi connectivity index (χ0) is 16.9. The third-order valence-corrected chi connectivity index (χ3v) is 5.78. The molecule has 0 saturated carbocycles. The van der Waals surface area contributed by atoms with Crippen LogP contribution in [0, 0.1) is 0 Å². The summed E-state index contributed by atoms with van der Waals surface area (Å²) in [4.78, 5) is 19.2. The number of aliphatic hydroxyl groups is 1. The minimum atomic E-state index is -0.554. The van der Waals surface area contributed by atoms with E-state index in [0.717, 1.165) is 65.0 Å². The minimum Gasteiger partial charge on any atom is -0.389 e. The number of β-amino-alcohol motifs (C(OH)–C–C–N with tert-alkyl or cyclic N) is 1. The van der Waals surface area contributed by atoms with Gasteiger partial charge in [-0.15, -0.1) is 0 Å². The first-order valence-electron chi connectivity index (χ1n) is 9.44. The van der Waals surface area contributed by atoms with Crippen molar-refractivity contribution in [3.05, 3.63) is 0 Å². The van der Waals surface area contributed by atoms with Crippen LogP contribution in [0.15, 0.2) is 0 Å².